The molecule has 0 heterocycles. The van der Waals surface area contributed by atoms with E-state index >= 15 is 0 Å². The first-order chi connectivity index (χ1) is 6.68. The van der Waals surface area contributed by atoms with Gasteiger partial charge in [-0.1, -0.05) is 0 Å². The molecule has 2 nitrogen and oxygen atoms in total. The average Bonchev–Trinajstić information content (AvgIpc) is 2.09. The molecule has 0 N–H and O–H groups in total. The maximum absolute atomic E-state index is 12.8. The molecule has 0 spiro atoms. The quantitative estimate of drug-likeness (QED) is 0.327. The minimum absolute atomic E-state index is 0.339. The third-order valence-corrected chi connectivity index (χ3v) is 2.64. The van der Waals surface area contributed by atoms with Gasteiger partial charge in [0, 0.05) is 6.26 Å². The van der Waals surface area contributed by atoms with Crippen molar-refractivity contribution in [3.8, 4) is 0 Å². The second-order valence-corrected chi connectivity index (χ2v) is 4.62. The number of benzene rings is 1. The molecular weight excluding hydrogens is 243 g/mol. The van der Waals surface area contributed by atoms with E-state index < -0.39 is 43.8 Å². The summed E-state index contributed by atoms with van der Waals surface area (Å²) in [5.74, 6) is -11.7. The SMILES string of the molecule is CS(=O)(=O)c1c(F)c(F)c(F)c(F)c1F. The van der Waals surface area contributed by atoms with Crippen LogP contribution in [-0.2, 0) is 9.84 Å². The molecule has 0 bridgehead atoms. The van der Waals surface area contributed by atoms with Gasteiger partial charge in [-0.25, -0.2) is 30.4 Å². The predicted molar refractivity (Wildman–Crippen MR) is 39.3 cm³/mol. The molecule has 84 valence electrons. The van der Waals surface area contributed by atoms with Crippen LogP contribution >= 0.6 is 0 Å². The summed E-state index contributed by atoms with van der Waals surface area (Å²) in [7, 11) is -4.52. The van der Waals surface area contributed by atoms with E-state index in [9.17, 15) is 30.4 Å². The largest absolute Gasteiger partial charge is 0.224 e. The Balaban J connectivity index is 3.84. The van der Waals surface area contributed by atoms with Gasteiger partial charge in [0.25, 0.3) is 0 Å². The van der Waals surface area contributed by atoms with Crippen molar-refractivity contribution in [3.63, 3.8) is 0 Å². The van der Waals surface area contributed by atoms with Gasteiger partial charge < -0.3 is 0 Å². The lowest BCUT2D eigenvalue weighted by Crippen LogP contribution is -2.11. The molecular formula is C7H3F5O2S. The topological polar surface area (TPSA) is 34.1 Å². The van der Waals surface area contributed by atoms with Gasteiger partial charge in [-0.15, -0.1) is 0 Å². The Kier molecular flexibility index (Phi) is 2.73. The first-order valence-corrected chi connectivity index (χ1v) is 5.28. The molecule has 0 saturated heterocycles. The Hall–Kier alpha value is -1.18. The van der Waals surface area contributed by atoms with Gasteiger partial charge in [-0.05, 0) is 0 Å². The number of sulfone groups is 1. The average molecular weight is 246 g/mol. The number of halogens is 5. The molecule has 8 heteroatoms. The Labute approximate surface area is 81.2 Å². The zero-order valence-corrected chi connectivity index (χ0v) is 7.93. The van der Waals surface area contributed by atoms with Gasteiger partial charge >= 0.3 is 0 Å². The van der Waals surface area contributed by atoms with Crippen LogP contribution < -0.4 is 0 Å². The van der Waals surface area contributed by atoms with Gasteiger partial charge in [0.1, 0.15) is 4.90 Å². The minimum Gasteiger partial charge on any atom is -0.224 e. The zero-order valence-electron chi connectivity index (χ0n) is 7.11. The Morgan fingerprint density at radius 3 is 1.27 bits per heavy atom. The van der Waals surface area contributed by atoms with Gasteiger partial charge in [0.2, 0.25) is 5.82 Å². The fourth-order valence-corrected chi connectivity index (χ4v) is 1.74. The molecule has 0 saturated carbocycles. The van der Waals surface area contributed by atoms with Crippen molar-refractivity contribution in [2.45, 2.75) is 4.90 Å². The summed E-state index contributed by atoms with van der Waals surface area (Å²) in [6.45, 7) is 0. The van der Waals surface area contributed by atoms with E-state index in [-0.39, 0.29) is 0 Å². The van der Waals surface area contributed by atoms with Crippen LogP contribution in [-0.4, -0.2) is 14.7 Å². The highest BCUT2D eigenvalue weighted by atomic mass is 32.2. The molecule has 0 aromatic heterocycles. The van der Waals surface area contributed by atoms with Crippen molar-refractivity contribution < 1.29 is 30.4 Å². The van der Waals surface area contributed by atoms with Gasteiger partial charge in [-0.2, -0.15) is 0 Å². The number of hydrogen-bond donors (Lipinski definition) is 0. The van der Waals surface area contributed by atoms with Crippen molar-refractivity contribution in [1.29, 1.82) is 0 Å². The molecule has 0 aliphatic heterocycles. The van der Waals surface area contributed by atoms with Gasteiger partial charge in [-0.3, -0.25) is 0 Å². The maximum Gasteiger partial charge on any atom is 0.200 e. The van der Waals surface area contributed by atoms with E-state index in [4.69, 9.17) is 0 Å². The summed E-state index contributed by atoms with van der Waals surface area (Å²) in [6.07, 6.45) is 0.339. The smallest absolute Gasteiger partial charge is 0.200 e. The summed E-state index contributed by atoms with van der Waals surface area (Å²) in [4.78, 5) is -1.82. The van der Waals surface area contributed by atoms with Crippen molar-refractivity contribution >= 4 is 9.84 Å². The summed E-state index contributed by atoms with van der Waals surface area (Å²) in [5, 5.41) is 0. The van der Waals surface area contributed by atoms with Crippen LogP contribution in [0.1, 0.15) is 0 Å². The van der Waals surface area contributed by atoms with Gasteiger partial charge in [0.05, 0.1) is 0 Å². The van der Waals surface area contributed by atoms with E-state index in [1.165, 1.54) is 0 Å². The van der Waals surface area contributed by atoms with E-state index in [0.29, 0.717) is 6.26 Å². The lowest BCUT2D eigenvalue weighted by molar-refractivity contribution is 0.358. The van der Waals surface area contributed by atoms with E-state index in [2.05, 4.69) is 0 Å². The molecule has 1 aromatic carbocycles. The number of rotatable bonds is 1. The normalized spacial score (nSPS) is 11.9. The molecule has 0 unspecified atom stereocenters. The fraction of sp³-hybridized carbons (Fsp3) is 0.143. The Bertz CT molecular complexity index is 494. The van der Waals surface area contributed by atoms with Gasteiger partial charge in [0.15, 0.2) is 33.1 Å². The zero-order chi connectivity index (χ0) is 12.0. The minimum atomic E-state index is -4.52. The third kappa shape index (κ3) is 1.81. The highest BCUT2D eigenvalue weighted by molar-refractivity contribution is 7.90. The Morgan fingerprint density at radius 2 is 1.00 bits per heavy atom. The first-order valence-electron chi connectivity index (χ1n) is 3.39. The van der Waals surface area contributed by atoms with Crippen molar-refractivity contribution in [2.24, 2.45) is 0 Å². The molecule has 0 fully saturated rings. The summed E-state index contributed by atoms with van der Waals surface area (Å²) >= 11 is 0. The van der Waals surface area contributed by atoms with E-state index in [1.54, 1.807) is 0 Å². The van der Waals surface area contributed by atoms with Crippen LogP contribution in [0.2, 0.25) is 0 Å². The van der Waals surface area contributed by atoms with Crippen LogP contribution in [0.15, 0.2) is 4.90 Å². The molecule has 0 aliphatic carbocycles. The first kappa shape index (κ1) is 11.9. The third-order valence-electron chi connectivity index (χ3n) is 1.54. The number of hydrogen-bond acceptors (Lipinski definition) is 2. The molecule has 0 atom stereocenters. The standard InChI is InChI=1S/C7H3F5O2S/c1-15(13,14)7-5(11)3(9)2(8)4(10)6(7)12/h1H3. The molecule has 1 aromatic rings. The predicted octanol–water partition coefficient (Wildman–Crippen LogP) is 1.79. The summed E-state index contributed by atoms with van der Waals surface area (Å²) < 4.78 is 84.6. The van der Waals surface area contributed by atoms with Crippen molar-refractivity contribution in [2.75, 3.05) is 6.26 Å². The van der Waals surface area contributed by atoms with Crippen LogP contribution in [0.25, 0.3) is 0 Å². The summed E-state index contributed by atoms with van der Waals surface area (Å²) in [6, 6.07) is 0. The second-order valence-electron chi connectivity index (χ2n) is 2.67. The lowest BCUT2D eigenvalue weighted by atomic mass is 10.3. The highest BCUT2D eigenvalue weighted by Gasteiger charge is 2.30. The molecule has 0 radical (unpaired) electrons. The van der Waals surface area contributed by atoms with Crippen molar-refractivity contribution in [1.82, 2.24) is 0 Å². The lowest BCUT2D eigenvalue weighted by Gasteiger charge is -2.05. The fourth-order valence-electron chi connectivity index (χ4n) is 0.910. The van der Waals surface area contributed by atoms with Crippen LogP contribution in [0.3, 0.4) is 0 Å². The molecule has 0 amide bonds. The Morgan fingerprint density at radius 1 is 0.733 bits per heavy atom. The van der Waals surface area contributed by atoms with Crippen LogP contribution in [0.4, 0.5) is 22.0 Å². The van der Waals surface area contributed by atoms with Crippen molar-refractivity contribution in [3.05, 3.63) is 29.1 Å². The van der Waals surface area contributed by atoms with E-state index in [1.807, 2.05) is 0 Å². The summed E-state index contributed by atoms with van der Waals surface area (Å²) in [5.41, 5.74) is 0. The molecule has 1 rings (SSSR count). The molecule has 0 aliphatic rings. The molecule has 15 heavy (non-hydrogen) atoms. The monoisotopic (exact) mass is 246 g/mol. The maximum atomic E-state index is 12.8. The van der Waals surface area contributed by atoms with Crippen LogP contribution in [0, 0.1) is 29.1 Å². The van der Waals surface area contributed by atoms with Crippen LogP contribution in [0.5, 0.6) is 0 Å². The highest BCUT2D eigenvalue weighted by Crippen LogP contribution is 2.26. The van der Waals surface area contributed by atoms with E-state index in [0.717, 1.165) is 0 Å². The second kappa shape index (κ2) is 3.44.